The molecule has 27 heavy (non-hydrogen) atoms. The van der Waals surface area contributed by atoms with Crippen molar-refractivity contribution in [1.82, 2.24) is 9.80 Å². The second kappa shape index (κ2) is 9.08. The number of nitrogens with zero attached hydrogens (tertiary/aromatic N) is 2. The minimum atomic E-state index is -0.558. The highest BCUT2D eigenvalue weighted by atomic mass is 19.1. The van der Waals surface area contributed by atoms with Crippen molar-refractivity contribution in [1.29, 1.82) is 0 Å². The number of likely N-dealkylation sites (tertiary alicyclic amines) is 1. The summed E-state index contributed by atoms with van der Waals surface area (Å²) >= 11 is 0. The van der Waals surface area contributed by atoms with Gasteiger partial charge in [0.1, 0.15) is 5.82 Å². The second-order valence-electron chi connectivity index (χ2n) is 7.00. The van der Waals surface area contributed by atoms with Crippen molar-refractivity contribution >= 4 is 17.6 Å². The molecular formula is C20H25FN2O4. The first-order chi connectivity index (χ1) is 13.1. The van der Waals surface area contributed by atoms with Crippen LogP contribution in [0, 0.1) is 11.7 Å². The van der Waals surface area contributed by atoms with Crippen LogP contribution in [0.25, 0.3) is 0 Å². The van der Waals surface area contributed by atoms with Gasteiger partial charge in [0, 0.05) is 44.9 Å². The van der Waals surface area contributed by atoms with Gasteiger partial charge in [0.25, 0.3) is 0 Å². The van der Waals surface area contributed by atoms with Gasteiger partial charge in [0.05, 0.1) is 18.8 Å². The molecule has 0 atom stereocenters. The van der Waals surface area contributed by atoms with Gasteiger partial charge >= 0.3 is 0 Å². The number of carbonyl (C=O) groups excluding carboxylic acids is 3. The maximum atomic E-state index is 13.6. The van der Waals surface area contributed by atoms with E-state index in [-0.39, 0.29) is 41.9 Å². The molecule has 0 radical (unpaired) electrons. The molecule has 0 bridgehead atoms. The highest BCUT2D eigenvalue weighted by Crippen LogP contribution is 2.21. The van der Waals surface area contributed by atoms with Gasteiger partial charge in [-0.3, -0.25) is 14.4 Å². The lowest BCUT2D eigenvalue weighted by atomic mass is 9.94. The molecule has 0 N–H and O–H groups in total. The molecule has 0 spiro atoms. The van der Waals surface area contributed by atoms with Crippen molar-refractivity contribution in [3.05, 3.63) is 35.6 Å². The zero-order valence-electron chi connectivity index (χ0n) is 15.4. The standard InChI is InChI=1S/C20H25FN2O4/c21-17-4-2-1-3-16(17)18(24)5-6-19(25)22-9-7-15(8-10-22)20(26)23-11-13-27-14-12-23/h1-4,15H,5-14H2. The molecule has 1 aromatic carbocycles. The normalized spacial score (nSPS) is 18.4. The lowest BCUT2D eigenvalue weighted by Gasteiger charge is -2.35. The third kappa shape index (κ3) is 4.91. The van der Waals surface area contributed by atoms with Crippen LogP contribution >= 0.6 is 0 Å². The van der Waals surface area contributed by atoms with Gasteiger partial charge in [-0.05, 0) is 25.0 Å². The highest BCUT2D eigenvalue weighted by molar-refractivity contribution is 5.98. The molecule has 2 aliphatic rings. The summed E-state index contributed by atoms with van der Waals surface area (Å²) in [5, 5.41) is 0. The Morgan fingerprint density at radius 2 is 1.63 bits per heavy atom. The second-order valence-corrected chi connectivity index (χ2v) is 7.00. The van der Waals surface area contributed by atoms with Crippen molar-refractivity contribution in [3.8, 4) is 0 Å². The summed E-state index contributed by atoms with van der Waals surface area (Å²) in [5.41, 5.74) is 0.0279. The molecule has 1 aromatic rings. The summed E-state index contributed by atoms with van der Waals surface area (Å²) < 4.78 is 18.9. The number of benzene rings is 1. The zero-order valence-corrected chi connectivity index (χ0v) is 15.4. The summed E-state index contributed by atoms with van der Waals surface area (Å²) in [4.78, 5) is 40.5. The number of amides is 2. The monoisotopic (exact) mass is 376 g/mol. The van der Waals surface area contributed by atoms with Crippen molar-refractivity contribution in [3.63, 3.8) is 0 Å². The Labute approximate surface area is 158 Å². The fraction of sp³-hybridized carbons (Fsp3) is 0.550. The van der Waals surface area contributed by atoms with E-state index in [2.05, 4.69) is 0 Å². The minimum absolute atomic E-state index is 0.00754. The van der Waals surface area contributed by atoms with E-state index in [0.29, 0.717) is 52.2 Å². The number of Topliss-reactive ketones (excluding diaryl/α,β-unsaturated/α-hetero) is 1. The van der Waals surface area contributed by atoms with Crippen LogP contribution in [0.5, 0.6) is 0 Å². The van der Waals surface area contributed by atoms with Crippen LogP contribution in [-0.4, -0.2) is 66.8 Å². The van der Waals surface area contributed by atoms with Gasteiger partial charge in [0.2, 0.25) is 11.8 Å². The third-order valence-corrected chi connectivity index (χ3v) is 5.26. The van der Waals surface area contributed by atoms with Crippen molar-refractivity contribution in [2.24, 2.45) is 5.92 Å². The number of hydrogen-bond acceptors (Lipinski definition) is 4. The van der Waals surface area contributed by atoms with E-state index in [0.717, 1.165) is 0 Å². The number of ketones is 1. The van der Waals surface area contributed by atoms with Crippen LogP contribution < -0.4 is 0 Å². The average molecular weight is 376 g/mol. The first-order valence-corrected chi connectivity index (χ1v) is 9.48. The first kappa shape index (κ1) is 19.5. The van der Waals surface area contributed by atoms with Crippen LogP contribution in [0.3, 0.4) is 0 Å². The van der Waals surface area contributed by atoms with Crippen molar-refractivity contribution in [2.45, 2.75) is 25.7 Å². The van der Waals surface area contributed by atoms with Crippen LogP contribution in [-0.2, 0) is 14.3 Å². The zero-order chi connectivity index (χ0) is 19.2. The van der Waals surface area contributed by atoms with E-state index in [4.69, 9.17) is 4.74 Å². The Kier molecular flexibility index (Phi) is 6.55. The van der Waals surface area contributed by atoms with Crippen LogP contribution in [0.1, 0.15) is 36.0 Å². The summed E-state index contributed by atoms with van der Waals surface area (Å²) in [6, 6.07) is 5.81. The molecule has 146 valence electrons. The topological polar surface area (TPSA) is 66.9 Å². The number of carbonyl (C=O) groups is 3. The number of hydrogen-bond donors (Lipinski definition) is 0. The summed E-state index contributed by atoms with van der Waals surface area (Å²) in [6.07, 6.45) is 1.34. The van der Waals surface area contributed by atoms with Gasteiger partial charge in [-0.25, -0.2) is 4.39 Å². The van der Waals surface area contributed by atoms with E-state index in [1.165, 1.54) is 18.2 Å². The lowest BCUT2D eigenvalue weighted by Crippen LogP contribution is -2.47. The van der Waals surface area contributed by atoms with E-state index in [1.807, 2.05) is 4.90 Å². The number of rotatable bonds is 5. The average Bonchev–Trinajstić information content (AvgIpc) is 2.72. The van der Waals surface area contributed by atoms with Gasteiger partial charge in [0.15, 0.2) is 5.78 Å². The largest absolute Gasteiger partial charge is 0.378 e. The van der Waals surface area contributed by atoms with E-state index < -0.39 is 5.82 Å². The van der Waals surface area contributed by atoms with Crippen molar-refractivity contribution in [2.75, 3.05) is 39.4 Å². The predicted octanol–water partition coefficient (Wildman–Crippen LogP) is 1.89. The lowest BCUT2D eigenvalue weighted by molar-refractivity contribution is -0.143. The summed E-state index contributed by atoms with van der Waals surface area (Å²) in [5.74, 6) is -0.930. The quantitative estimate of drug-likeness (QED) is 0.736. The third-order valence-electron chi connectivity index (χ3n) is 5.26. The molecule has 0 aromatic heterocycles. The molecule has 2 aliphatic heterocycles. The minimum Gasteiger partial charge on any atom is -0.378 e. The molecule has 6 nitrogen and oxygen atoms in total. The predicted molar refractivity (Wildman–Crippen MR) is 96.7 cm³/mol. The SMILES string of the molecule is O=C(CCC(=O)N1CCC(C(=O)N2CCOCC2)CC1)c1ccccc1F. The Morgan fingerprint density at radius 3 is 2.30 bits per heavy atom. The Morgan fingerprint density at radius 1 is 0.963 bits per heavy atom. The molecule has 2 heterocycles. The van der Waals surface area contributed by atoms with Crippen LogP contribution in [0.4, 0.5) is 4.39 Å². The molecule has 7 heteroatoms. The van der Waals surface area contributed by atoms with E-state index >= 15 is 0 Å². The molecule has 0 saturated carbocycles. The number of morpholine rings is 1. The maximum Gasteiger partial charge on any atom is 0.225 e. The molecule has 3 rings (SSSR count). The Bertz CT molecular complexity index is 695. The van der Waals surface area contributed by atoms with Crippen LogP contribution in [0.2, 0.25) is 0 Å². The molecule has 2 saturated heterocycles. The van der Waals surface area contributed by atoms with Gasteiger partial charge in [-0.2, -0.15) is 0 Å². The first-order valence-electron chi connectivity index (χ1n) is 9.48. The number of ether oxygens (including phenoxy) is 1. The Balaban J connectivity index is 1.44. The number of halogens is 1. The molecule has 2 fully saturated rings. The Hall–Kier alpha value is -2.28. The molecular weight excluding hydrogens is 351 g/mol. The van der Waals surface area contributed by atoms with Gasteiger partial charge < -0.3 is 14.5 Å². The maximum absolute atomic E-state index is 13.6. The summed E-state index contributed by atoms with van der Waals surface area (Å²) in [6.45, 7) is 3.48. The highest BCUT2D eigenvalue weighted by Gasteiger charge is 2.30. The molecule has 0 aliphatic carbocycles. The summed E-state index contributed by atoms with van der Waals surface area (Å²) in [7, 11) is 0. The van der Waals surface area contributed by atoms with Crippen molar-refractivity contribution < 1.29 is 23.5 Å². The molecule has 2 amide bonds. The van der Waals surface area contributed by atoms with Gasteiger partial charge in [-0.1, -0.05) is 12.1 Å². The van der Waals surface area contributed by atoms with Gasteiger partial charge in [-0.15, -0.1) is 0 Å². The fourth-order valence-electron chi connectivity index (χ4n) is 3.62. The smallest absolute Gasteiger partial charge is 0.225 e. The van der Waals surface area contributed by atoms with Crippen LogP contribution in [0.15, 0.2) is 24.3 Å². The fourth-order valence-corrected chi connectivity index (χ4v) is 3.62. The number of piperidine rings is 1. The molecule has 0 unspecified atom stereocenters. The van der Waals surface area contributed by atoms with E-state index in [9.17, 15) is 18.8 Å². The van der Waals surface area contributed by atoms with E-state index in [1.54, 1.807) is 11.0 Å².